The zero-order valence-corrected chi connectivity index (χ0v) is 15.1. The molecule has 5 aromatic carbocycles. The quantitative estimate of drug-likeness (QED) is 0.270. The number of phenols is 2. The first-order valence-electron chi connectivity index (χ1n) is 9.26. The number of rotatable bonds is 2. The van der Waals surface area contributed by atoms with Gasteiger partial charge in [-0.25, -0.2) is 0 Å². The highest BCUT2D eigenvalue weighted by molar-refractivity contribution is 6.24. The second kappa shape index (κ2) is 6.43. The van der Waals surface area contributed by atoms with E-state index in [2.05, 4.69) is 12.1 Å². The van der Waals surface area contributed by atoms with Crippen LogP contribution in [0.2, 0.25) is 0 Å². The van der Waals surface area contributed by atoms with Crippen molar-refractivity contribution in [3.63, 3.8) is 0 Å². The molecule has 0 aromatic heterocycles. The molecule has 0 aliphatic rings. The molecule has 28 heavy (non-hydrogen) atoms. The lowest BCUT2D eigenvalue weighted by Crippen LogP contribution is -1.91. The maximum Gasteiger partial charge on any atom is 0.124 e. The summed E-state index contributed by atoms with van der Waals surface area (Å²) in [6.07, 6.45) is 0. The van der Waals surface area contributed by atoms with Crippen LogP contribution in [0.1, 0.15) is 0 Å². The third kappa shape index (κ3) is 2.43. The summed E-state index contributed by atoms with van der Waals surface area (Å²) in [6.45, 7) is 0. The largest absolute Gasteiger partial charge is 0.507 e. The van der Waals surface area contributed by atoms with Gasteiger partial charge in [0.1, 0.15) is 11.5 Å². The molecule has 0 saturated carbocycles. The van der Waals surface area contributed by atoms with E-state index in [4.69, 9.17) is 0 Å². The van der Waals surface area contributed by atoms with E-state index in [1.165, 1.54) is 0 Å². The highest BCUT2D eigenvalue weighted by atomic mass is 16.3. The highest BCUT2D eigenvalue weighted by Crippen LogP contribution is 2.49. The first-order valence-corrected chi connectivity index (χ1v) is 9.26. The fraction of sp³-hybridized carbons (Fsp3) is 0. The summed E-state index contributed by atoms with van der Waals surface area (Å²) >= 11 is 0. The lowest BCUT2D eigenvalue weighted by Gasteiger charge is -2.19. The van der Waals surface area contributed by atoms with Crippen molar-refractivity contribution in [3.05, 3.63) is 97.1 Å². The fourth-order valence-corrected chi connectivity index (χ4v) is 4.08. The summed E-state index contributed by atoms with van der Waals surface area (Å²) in [5, 5.41) is 25.1. The van der Waals surface area contributed by atoms with Gasteiger partial charge in [-0.2, -0.15) is 0 Å². The lowest BCUT2D eigenvalue weighted by atomic mass is 9.85. The van der Waals surface area contributed by atoms with Crippen LogP contribution in [-0.2, 0) is 0 Å². The molecule has 0 heterocycles. The summed E-state index contributed by atoms with van der Waals surface area (Å²) in [5.74, 6) is 0.323. The van der Waals surface area contributed by atoms with Gasteiger partial charge in [-0.15, -0.1) is 0 Å². The highest BCUT2D eigenvalue weighted by Gasteiger charge is 2.20. The van der Waals surface area contributed by atoms with Gasteiger partial charge in [-0.05, 0) is 34.0 Å². The molecule has 0 bridgehead atoms. The molecule has 2 N–H and O–H groups in total. The van der Waals surface area contributed by atoms with E-state index in [9.17, 15) is 10.2 Å². The van der Waals surface area contributed by atoms with Crippen molar-refractivity contribution in [1.82, 2.24) is 0 Å². The van der Waals surface area contributed by atoms with Crippen molar-refractivity contribution in [3.8, 4) is 33.8 Å². The van der Waals surface area contributed by atoms with Crippen LogP contribution in [0.5, 0.6) is 11.5 Å². The first-order chi connectivity index (χ1) is 13.8. The van der Waals surface area contributed by atoms with Gasteiger partial charge in [-0.1, -0.05) is 84.9 Å². The monoisotopic (exact) mass is 362 g/mol. The Balaban J connectivity index is 2.10. The van der Waals surface area contributed by atoms with Crippen LogP contribution in [-0.4, -0.2) is 10.2 Å². The predicted molar refractivity (Wildman–Crippen MR) is 116 cm³/mol. The molecular weight excluding hydrogens is 344 g/mol. The van der Waals surface area contributed by atoms with Gasteiger partial charge in [0.05, 0.1) is 0 Å². The molecule has 0 atom stereocenters. The van der Waals surface area contributed by atoms with E-state index in [0.29, 0.717) is 10.8 Å². The molecule has 0 radical (unpaired) electrons. The second-order valence-electron chi connectivity index (χ2n) is 6.88. The van der Waals surface area contributed by atoms with E-state index in [0.717, 1.165) is 33.0 Å². The fourth-order valence-electron chi connectivity index (χ4n) is 4.08. The Kier molecular flexibility index (Phi) is 3.77. The van der Waals surface area contributed by atoms with Crippen molar-refractivity contribution >= 4 is 21.5 Å². The van der Waals surface area contributed by atoms with Crippen molar-refractivity contribution in [2.45, 2.75) is 0 Å². The van der Waals surface area contributed by atoms with Crippen LogP contribution >= 0.6 is 0 Å². The van der Waals surface area contributed by atoms with Gasteiger partial charge in [-0.3, -0.25) is 0 Å². The van der Waals surface area contributed by atoms with Gasteiger partial charge in [0.2, 0.25) is 0 Å². The van der Waals surface area contributed by atoms with E-state index >= 15 is 0 Å². The Labute approximate surface area is 162 Å². The number of hydrogen-bond acceptors (Lipinski definition) is 2. The summed E-state index contributed by atoms with van der Waals surface area (Å²) in [7, 11) is 0. The van der Waals surface area contributed by atoms with Crippen molar-refractivity contribution in [2.75, 3.05) is 0 Å². The van der Waals surface area contributed by atoms with Crippen LogP contribution in [0.15, 0.2) is 97.1 Å². The molecule has 0 amide bonds. The van der Waals surface area contributed by atoms with E-state index in [1.807, 2.05) is 72.8 Å². The van der Waals surface area contributed by atoms with Crippen molar-refractivity contribution < 1.29 is 10.2 Å². The molecule has 0 unspecified atom stereocenters. The number of hydrogen-bond donors (Lipinski definition) is 2. The zero-order valence-electron chi connectivity index (χ0n) is 15.1. The van der Waals surface area contributed by atoms with Crippen molar-refractivity contribution in [2.24, 2.45) is 0 Å². The number of phenolic OH excluding ortho intramolecular Hbond substituents is 2. The van der Waals surface area contributed by atoms with Gasteiger partial charge in [0.15, 0.2) is 0 Å². The molecule has 0 spiro atoms. The normalized spacial score (nSPS) is 11.1. The molecule has 0 fully saturated rings. The smallest absolute Gasteiger partial charge is 0.124 e. The third-order valence-corrected chi connectivity index (χ3v) is 5.25. The van der Waals surface area contributed by atoms with Gasteiger partial charge in [0, 0.05) is 21.9 Å². The molecule has 0 aliphatic carbocycles. The molecule has 2 nitrogen and oxygen atoms in total. The van der Waals surface area contributed by atoms with Crippen LogP contribution in [0, 0.1) is 0 Å². The Morgan fingerprint density at radius 1 is 0.393 bits per heavy atom. The SMILES string of the molecule is Oc1ccc(O)c2c(-c3ccccc3)c3ccccc3c(-c3ccccc3)c12. The van der Waals surface area contributed by atoms with Crippen LogP contribution in [0.25, 0.3) is 43.8 Å². The first kappa shape index (κ1) is 16.4. The summed E-state index contributed by atoms with van der Waals surface area (Å²) in [5.41, 5.74) is 3.87. The molecule has 5 rings (SSSR count). The van der Waals surface area contributed by atoms with E-state index in [-0.39, 0.29) is 11.5 Å². The lowest BCUT2D eigenvalue weighted by molar-refractivity contribution is 0.470. The molecule has 2 heteroatoms. The molecule has 134 valence electrons. The Morgan fingerprint density at radius 2 is 0.750 bits per heavy atom. The molecule has 0 saturated heterocycles. The average Bonchev–Trinajstić information content (AvgIpc) is 2.76. The van der Waals surface area contributed by atoms with Gasteiger partial charge < -0.3 is 10.2 Å². The van der Waals surface area contributed by atoms with Crippen LogP contribution in [0.4, 0.5) is 0 Å². The predicted octanol–water partition coefficient (Wildman–Crippen LogP) is 6.74. The second-order valence-corrected chi connectivity index (χ2v) is 6.88. The average molecular weight is 362 g/mol. The maximum absolute atomic E-state index is 10.9. The molecular formula is C26H18O2. The summed E-state index contributed by atoms with van der Waals surface area (Å²) in [6, 6.07) is 31.3. The summed E-state index contributed by atoms with van der Waals surface area (Å²) < 4.78 is 0. The minimum absolute atomic E-state index is 0.162. The van der Waals surface area contributed by atoms with Crippen molar-refractivity contribution in [1.29, 1.82) is 0 Å². The minimum Gasteiger partial charge on any atom is -0.507 e. The Bertz CT molecular complexity index is 1200. The van der Waals surface area contributed by atoms with Crippen LogP contribution in [0.3, 0.4) is 0 Å². The van der Waals surface area contributed by atoms with Gasteiger partial charge >= 0.3 is 0 Å². The standard InChI is InChI=1S/C26H18O2/c27-21-15-16-22(28)26-24(18-11-5-2-6-12-18)20-14-8-7-13-19(20)23(25(21)26)17-9-3-1-4-10-17/h1-16,27-28H. The Hall–Kier alpha value is -3.78. The third-order valence-electron chi connectivity index (χ3n) is 5.25. The zero-order chi connectivity index (χ0) is 19.1. The Morgan fingerprint density at radius 3 is 1.14 bits per heavy atom. The van der Waals surface area contributed by atoms with Crippen LogP contribution < -0.4 is 0 Å². The van der Waals surface area contributed by atoms with E-state index < -0.39 is 0 Å². The van der Waals surface area contributed by atoms with Gasteiger partial charge in [0.25, 0.3) is 0 Å². The maximum atomic E-state index is 10.9. The van der Waals surface area contributed by atoms with E-state index in [1.54, 1.807) is 12.1 Å². The molecule has 5 aromatic rings. The number of fused-ring (bicyclic) bond motifs is 2. The topological polar surface area (TPSA) is 40.5 Å². The summed E-state index contributed by atoms with van der Waals surface area (Å²) in [4.78, 5) is 0. The number of aromatic hydroxyl groups is 2. The minimum atomic E-state index is 0.162. The molecule has 0 aliphatic heterocycles. The number of benzene rings is 5.